The summed E-state index contributed by atoms with van der Waals surface area (Å²) >= 11 is 0. The second-order valence-electron chi connectivity index (χ2n) is 9.95. The molecule has 7 atom stereocenters. The summed E-state index contributed by atoms with van der Waals surface area (Å²) in [6.07, 6.45) is 11.4. The highest BCUT2D eigenvalue weighted by molar-refractivity contribution is 5.66. The summed E-state index contributed by atoms with van der Waals surface area (Å²) in [5.41, 5.74) is 1.92. The van der Waals surface area contributed by atoms with Gasteiger partial charge in [0.1, 0.15) is 12.2 Å². The maximum absolute atomic E-state index is 11.6. The van der Waals surface area contributed by atoms with Crippen LogP contribution in [0.3, 0.4) is 0 Å². The predicted octanol–water partition coefficient (Wildman–Crippen LogP) is 4.81. The molecule has 4 heteroatoms. The SMILES string of the molecule is CC(=O)O[C@H]1CC[C@]2(C)C(=CC[C@H]3[C@H]4CC[C@H](OC(C)=O)[C@]4(C)CC[C@H]32)C1. The smallest absolute Gasteiger partial charge is 0.302 e. The molecular weight excluding hydrogens is 340 g/mol. The molecule has 0 aliphatic heterocycles. The molecule has 0 bridgehead atoms. The lowest BCUT2D eigenvalue weighted by atomic mass is 9.48. The lowest BCUT2D eigenvalue weighted by Crippen LogP contribution is -2.51. The zero-order valence-corrected chi connectivity index (χ0v) is 17.3. The molecule has 0 radical (unpaired) electrons. The van der Waals surface area contributed by atoms with Crippen LogP contribution in [0.4, 0.5) is 0 Å². The molecule has 0 heterocycles. The van der Waals surface area contributed by atoms with Gasteiger partial charge < -0.3 is 9.47 Å². The Balaban J connectivity index is 1.55. The van der Waals surface area contributed by atoms with Crippen molar-refractivity contribution >= 4 is 11.9 Å². The van der Waals surface area contributed by atoms with Gasteiger partial charge in [-0.1, -0.05) is 25.5 Å². The van der Waals surface area contributed by atoms with Gasteiger partial charge in [0.15, 0.2) is 0 Å². The maximum Gasteiger partial charge on any atom is 0.302 e. The van der Waals surface area contributed by atoms with Crippen molar-refractivity contribution in [1.82, 2.24) is 0 Å². The van der Waals surface area contributed by atoms with E-state index < -0.39 is 0 Å². The van der Waals surface area contributed by atoms with Crippen molar-refractivity contribution in [3.63, 3.8) is 0 Å². The van der Waals surface area contributed by atoms with Crippen LogP contribution in [0.2, 0.25) is 0 Å². The number of esters is 2. The molecule has 0 spiro atoms. The maximum atomic E-state index is 11.6. The van der Waals surface area contributed by atoms with E-state index >= 15 is 0 Å². The number of ether oxygens (including phenoxy) is 2. The van der Waals surface area contributed by atoms with Gasteiger partial charge in [-0.3, -0.25) is 9.59 Å². The number of carbonyl (C=O) groups is 2. The lowest BCUT2D eigenvalue weighted by molar-refractivity contribution is -0.157. The summed E-state index contributed by atoms with van der Waals surface area (Å²) < 4.78 is 11.3. The number of rotatable bonds is 2. The fourth-order valence-corrected chi connectivity index (χ4v) is 7.31. The molecule has 0 saturated heterocycles. The average molecular weight is 375 g/mol. The normalized spacial score (nSPS) is 45.8. The van der Waals surface area contributed by atoms with Gasteiger partial charge in [-0.05, 0) is 68.1 Å². The second kappa shape index (κ2) is 6.63. The third kappa shape index (κ3) is 3.03. The first-order valence-corrected chi connectivity index (χ1v) is 10.8. The monoisotopic (exact) mass is 374 g/mol. The lowest BCUT2D eigenvalue weighted by Gasteiger charge is -2.57. The van der Waals surface area contributed by atoms with E-state index in [0.29, 0.717) is 17.8 Å². The summed E-state index contributed by atoms with van der Waals surface area (Å²) in [6.45, 7) is 7.88. The van der Waals surface area contributed by atoms with Crippen molar-refractivity contribution in [3.05, 3.63) is 11.6 Å². The fraction of sp³-hybridized carbons (Fsp3) is 0.826. The van der Waals surface area contributed by atoms with Crippen molar-refractivity contribution in [2.45, 2.75) is 91.3 Å². The molecule has 0 N–H and O–H groups in total. The third-order valence-corrected chi connectivity index (χ3v) is 8.61. The molecule has 0 amide bonds. The number of allylic oxidation sites excluding steroid dienone is 1. The zero-order chi connectivity index (χ0) is 19.4. The van der Waals surface area contributed by atoms with Gasteiger partial charge in [-0.2, -0.15) is 0 Å². The van der Waals surface area contributed by atoms with E-state index in [2.05, 4.69) is 19.9 Å². The van der Waals surface area contributed by atoms with Crippen LogP contribution in [0, 0.1) is 28.6 Å². The van der Waals surface area contributed by atoms with Gasteiger partial charge in [0.25, 0.3) is 0 Å². The predicted molar refractivity (Wildman–Crippen MR) is 103 cm³/mol. The Labute approximate surface area is 163 Å². The van der Waals surface area contributed by atoms with Crippen LogP contribution in [0.5, 0.6) is 0 Å². The molecule has 4 rings (SSSR count). The van der Waals surface area contributed by atoms with Crippen molar-refractivity contribution in [2.24, 2.45) is 28.6 Å². The van der Waals surface area contributed by atoms with E-state index in [1.54, 1.807) is 6.92 Å². The van der Waals surface area contributed by atoms with Gasteiger partial charge in [-0.15, -0.1) is 0 Å². The summed E-state index contributed by atoms with van der Waals surface area (Å²) in [6, 6.07) is 0. The summed E-state index contributed by atoms with van der Waals surface area (Å²) in [7, 11) is 0. The summed E-state index contributed by atoms with van der Waals surface area (Å²) in [4.78, 5) is 22.9. The van der Waals surface area contributed by atoms with Gasteiger partial charge >= 0.3 is 11.9 Å². The van der Waals surface area contributed by atoms with Gasteiger partial charge in [0.2, 0.25) is 0 Å². The van der Waals surface area contributed by atoms with E-state index in [1.165, 1.54) is 25.3 Å². The Kier molecular flexibility index (Phi) is 4.67. The molecule has 27 heavy (non-hydrogen) atoms. The van der Waals surface area contributed by atoms with Gasteiger partial charge in [0.05, 0.1) is 0 Å². The molecule has 4 nitrogen and oxygen atoms in total. The Hall–Kier alpha value is -1.32. The van der Waals surface area contributed by atoms with Crippen molar-refractivity contribution in [2.75, 3.05) is 0 Å². The largest absolute Gasteiger partial charge is 0.462 e. The molecule has 0 aromatic rings. The Morgan fingerprint density at radius 3 is 2.41 bits per heavy atom. The minimum Gasteiger partial charge on any atom is -0.462 e. The van der Waals surface area contributed by atoms with E-state index in [-0.39, 0.29) is 35.0 Å². The molecule has 0 aromatic heterocycles. The first-order chi connectivity index (χ1) is 12.7. The third-order valence-electron chi connectivity index (χ3n) is 8.61. The Morgan fingerprint density at radius 1 is 0.963 bits per heavy atom. The van der Waals surface area contributed by atoms with Crippen molar-refractivity contribution in [3.8, 4) is 0 Å². The molecule has 150 valence electrons. The first kappa shape index (κ1) is 19.0. The Morgan fingerprint density at radius 2 is 1.70 bits per heavy atom. The number of hydrogen-bond acceptors (Lipinski definition) is 4. The number of carbonyl (C=O) groups excluding carboxylic acids is 2. The minimum absolute atomic E-state index is 0.0621. The highest BCUT2D eigenvalue weighted by atomic mass is 16.5. The highest BCUT2D eigenvalue weighted by Gasteiger charge is 2.59. The molecule has 0 unspecified atom stereocenters. The van der Waals surface area contributed by atoms with Crippen molar-refractivity contribution in [1.29, 1.82) is 0 Å². The fourth-order valence-electron chi connectivity index (χ4n) is 7.31. The van der Waals surface area contributed by atoms with Gasteiger partial charge in [-0.25, -0.2) is 0 Å². The quantitative estimate of drug-likeness (QED) is 0.514. The minimum atomic E-state index is -0.159. The summed E-state index contributed by atoms with van der Waals surface area (Å²) in [5, 5.41) is 0. The summed E-state index contributed by atoms with van der Waals surface area (Å²) in [5.74, 6) is 1.77. The van der Waals surface area contributed by atoms with Crippen LogP contribution in [-0.4, -0.2) is 24.1 Å². The molecule has 4 aliphatic carbocycles. The molecule has 3 saturated carbocycles. The molecular formula is C23H34O4. The highest BCUT2D eigenvalue weighted by Crippen LogP contribution is 2.65. The number of fused-ring (bicyclic) bond motifs is 5. The average Bonchev–Trinajstić information content (AvgIpc) is 2.91. The number of hydrogen-bond donors (Lipinski definition) is 0. The second-order valence-corrected chi connectivity index (χ2v) is 9.95. The van der Waals surface area contributed by atoms with Crippen molar-refractivity contribution < 1.29 is 19.1 Å². The first-order valence-electron chi connectivity index (χ1n) is 10.8. The molecule has 0 aromatic carbocycles. The van der Waals surface area contributed by atoms with Crippen LogP contribution in [0.15, 0.2) is 11.6 Å². The topological polar surface area (TPSA) is 52.6 Å². The Bertz CT molecular complexity index is 667. The van der Waals surface area contributed by atoms with Gasteiger partial charge in [0, 0.05) is 25.7 Å². The van der Waals surface area contributed by atoms with Crippen LogP contribution < -0.4 is 0 Å². The van der Waals surface area contributed by atoms with Crippen LogP contribution in [-0.2, 0) is 19.1 Å². The van der Waals surface area contributed by atoms with E-state index in [4.69, 9.17) is 9.47 Å². The van der Waals surface area contributed by atoms with E-state index in [0.717, 1.165) is 38.5 Å². The zero-order valence-electron chi connectivity index (χ0n) is 17.3. The standard InChI is InChI=1S/C23H34O4/c1-14(24)26-17-9-11-22(3)16(13-17)5-6-18-19-7-8-21(27-15(2)25)23(19,4)12-10-20(18)22/h5,17-21H,6-13H2,1-4H3/t17-,18-,19+,20+,21-,22+,23+/m0/s1. The molecule has 4 aliphatic rings. The molecule has 3 fully saturated rings. The van der Waals surface area contributed by atoms with E-state index in [9.17, 15) is 9.59 Å². The van der Waals surface area contributed by atoms with Crippen LogP contribution in [0.1, 0.15) is 79.1 Å². The van der Waals surface area contributed by atoms with Crippen LogP contribution in [0.25, 0.3) is 0 Å². The van der Waals surface area contributed by atoms with E-state index in [1.807, 2.05) is 0 Å². The van der Waals surface area contributed by atoms with Crippen LogP contribution >= 0.6 is 0 Å².